The summed E-state index contributed by atoms with van der Waals surface area (Å²) in [5.41, 5.74) is 7.28. The lowest BCUT2D eigenvalue weighted by molar-refractivity contribution is 0.0952. The Morgan fingerprint density at radius 2 is 2.08 bits per heavy atom. The van der Waals surface area contributed by atoms with Gasteiger partial charge in [0, 0.05) is 6.54 Å². The summed E-state index contributed by atoms with van der Waals surface area (Å²) in [7, 11) is 1.60. The number of aromatic nitrogens is 1. The van der Waals surface area contributed by atoms with E-state index in [2.05, 4.69) is 10.5 Å². The Labute approximate surface area is 147 Å². The molecule has 8 heteroatoms. The van der Waals surface area contributed by atoms with Gasteiger partial charge in [0.2, 0.25) is 5.88 Å². The highest BCUT2D eigenvalue weighted by Gasteiger charge is 2.23. The molecule has 0 saturated carbocycles. The van der Waals surface area contributed by atoms with Crippen molar-refractivity contribution in [1.29, 1.82) is 0 Å². The molecule has 0 bridgehead atoms. The Bertz CT molecular complexity index is 858. The first-order valence-electron chi connectivity index (χ1n) is 7.00. The van der Waals surface area contributed by atoms with Crippen molar-refractivity contribution in [3.8, 4) is 16.3 Å². The van der Waals surface area contributed by atoms with Gasteiger partial charge in [-0.05, 0) is 29.8 Å². The summed E-state index contributed by atoms with van der Waals surface area (Å²) in [4.78, 5) is 13.2. The van der Waals surface area contributed by atoms with E-state index < -0.39 is 0 Å². The number of nitrogens with one attached hydrogen (secondary N) is 1. The van der Waals surface area contributed by atoms with Crippen molar-refractivity contribution in [2.75, 3.05) is 12.8 Å². The molecule has 0 fully saturated rings. The average molecular weight is 364 g/mol. The van der Waals surface area contributed by atoms with Crippen LogP contribution in [0.1, 0.15) is 15.9 Å². The van der Waals surface area contributed by atoms with Crippen LogP contribution in [-0.4, -0.2) is 18.2 Å². The van der Waals surface area contributed by atoms with E-state index in [9.17, 15) is 4.79 Å². The number of carbonyl (C=O) groups is 1. The van der Waals surface area contributed by atoms with E-state index in [1.807, 2.05) is 24.3 Å². The number of benzene rings is 1. The van der Waals surface area contributed by atoms with E-state index in [4.69, 9.17) is 26.6 Å². The first-order valence-corrected chi connectivity index (χ1v) is 8.20. The molecule has 2 heterocycles. The Hall–Kier alpha value is -2.51. The summed E-state index contributed by atoms with van der Waals surface area (Å²) in [6.07, 6.45) is 0. The second-order valence-electron chi connectivity index (χ2n) is 4.90. The van der Waals surface area contributed by atoms with Gasteiger partial charge in [-0.15, -0.1) is 11.3 Å². The monoisotopic (exact) mass is 363 g/mol. The maximum absolute atomic E-state index is 12.5. The van der Waals surface area contributed by atoms with Crippen LogP contribution >= 0.6 is 22.9 Å². The van der Waals surface area contributed by atoms with Crippen molar-refractivity contribution in [3.05, 3.63) is 51.9 Å². The zero-order valence-corrected chi connectivity index (χ0v) is 14.3. The van der Waals surface area contributed by atoms with Gasteiger partial charge in [0.15, 0.2) is 0 Å². The predicted molar refractivity (Wildman–Crippen MR) is 93.4 cm³/mol. The molecule has 3 aromatic rings. The van der Waals surface area contributed by atoms with Crippen LogP contribution in [0.3, 0.4) is 0 Å². The second-order valence-corrected chi connectivity index (χ2v) is 6.62. The number of ether oxygens (including phenoxy) is 1. The fraction of sp³-hybridized carbons (Fsp3) is 0.125. The number of halogens is 1. The zero-order valence-electron chi connectivity index (χ0n) is 12.7. The SMILES string of the molecule is COc1ccc(CNC(=O)c2c(-c3ccc(Cl)s3)noc2N)cc1. The standard InChI is InChI=1S/C16H14ClN3O3S/c1-22-10-4-2-9(3-5-10)8-19-16(21)13-14(20-23-15(13)18)11-6-7-12(17)24-11/h2-7H,8,18H2,1H3,(H,19,21). The number of hydrogen-bond donors (Lipinski definition) is 2. The molecule has 0 unspecified atom stereocenters. The molecule has 0 aliphatic rings. The predicted octanol–water partition coefficient (Wildman–Crippen LogP) is 3.58. The number of thiophene rings is 1. The smallest absolute Gasteiger partial charge is 0.259 e. The molecule has 6 nitrogen and oxygen atoms in total. The van der Waals surface area contributed by atoms with Crippen molar-refractivity contribution >= 4 is 34.7 Å². The van der Waals surface area contributed by atoms with Gasteiger partial charge in [0.1, 0.15) is 17.0 Å². The average Bonchev–Trinajstić information content (AvgIpc) is 3.18. The number of amides is 1. The summed E-state index contributed by atoms with van der Waals surface area (Å²) in [5, 5.41) is 6.68. The first-order chi connectivity index (χ1) is 11.6. The highest BCUT2D eigenvalue weighted by atomic mass is 35.5. The molecule has 1 amide bonds. The number of carbonyl (C=O) groups excluding carboxylic acids is 1. The summed E-state index contributed by atoms with van der Waals surface area (Å²) in [6, 6.07) is 10.9. The quantitative estimate of drug-likeness (QED) is 0.723. The minimum atomic E-state index is -0.357. The van der Waals surface area contributed by atoms with Crippen LogP contribution in [0.15, 0.2) is 40.9 Å². The first kappa shape index (κ1) is 16.4. The minimum absolute atomic E-state index is 0.0262. The normalized spacial score (nSPS) is 10.6. The molecule has 0 saturated heterocycles. The van der Waals surface area contributed by atoms with Gasteiger partial charge < -0.3 is 20.3 Å². The number of anilines is 1. The molecule has 0 atom stereocenters. The van der Waals surface area contributed by atoms with Crippen molar-refractivity contribution < 1.29 is 14.1 Å². The Kier molecular flexibility index (Phi) is 4.73. The van der Waals surface area contributed by atoms with Gasteiger partial charge in [-0.2, -0.15) is 0 Å². The van der Waals surface area contributed by atoms with E-state index >= 15 is 0 Å². The summed E-state index contributed by atoms with van der Waals surface area (Å²) in [5.74, 6) is 0.371. The fourth-order valence-corrected chi connectivity index (χ4v) is 3.18. The molecule has 0 aliphatic heterocycles. The van der Waals surface area contributed by atoms with Crippen LogP contribution in [0, 0.1) is 0 Å². The van der Waals surface area contributed by atoms with Crippen LogP contribution in [-0.2, 0) is 6.54 Å². The van der Waals surface area contributed by atoms with E-state index in [0.29, 0.717) is 16.6 Å². The maximum Gasteiger partial charge on any atom is 0.259 e. The number of rotatable bonds is 5. The molecule has 0 aliphatic carbocycles. The number of methoxy groups -OCH3 is 1. The Balaban J connectivity index is 1.76. The molecule has 124 valence electrons. The third-order valence-corrected chi connectivity index (χ3v) is 4.60. The van der Waals surface area contributed by atoms with E-state index in [-0.39, 0.29) is 17.4 Å². The molecule has 0 spiro atoms. The maximum atomic E-state index is 12.5. The van der Waals surface area contributed by atoms with Crippen molar-refractivity contribution in [1.82, 2.24) is 10.5 Å². The van der Waals surface area contributed by atoms with Crippen LogP contribution in [0.2, 0.25) is 4.34 Å². The van der Waals surface area contributed by atoms with E-state index in [1.165, 1.54) is 11.3 Å². The third-order valence-electron chi connectivity index (χ3n) is 3.36. The Morgan fingerprint density at radius 1 is 1.33 bits per heavy atom. The number of nitrogens with zero attached hydrogens (tertiary/aromatic N) is 1. The molecule has 3 rings (SSSR count). The lowest BCUT2D eigenvalue weighted by atomic mass is 10.1. The van der Waals surface area contributed by atoms with Crippen molar-refractivity contribution in [2.24, 2.45) is 0 Å². The summed E-state index contributed by atoms with van der Waals surface area (Å²) in [6.45, 7) is 0.345. The molecular formula is C16H14ClN3O3S. The molecule has 1 aromatic carbocycles. The summed E-state index contributed by atoms with van der Waals surface area (Å²) >= 11 is 7.23. The van der Waals surface area contributed by atoms with E-state index in [1.54, 1.807) is 19.2 Å². The van der Waals surface area contributed by atoms with Crippen LogP contribution in [0.4, 0.5) is 5.88 Å². The van der Waals surface area contributed by atoms with Crippen molar-refractivity contribution in [3.63, 3.8) is 0 Å². The van der Waals surface area contributed by atoms with Crippen LogP contribution < -0.4 is 15.8 Å². The van der Waals surface area contributed by atoms with Gasteiger partial charge in [0.25, 0.3) is 5.91 Å². The topological polar surface area (TPSA) is 90.4 Å². The number of hydrogen-bond acceptors (Lipinski definition) is 6. The van der Waals surface area contributed by atoms with Gasteiger partial charge in [-0.1, -0.05) is 28.9 Å². The van der Waals surface area contributed by atoms with Gasteiger partial charge in [0.05, 0.1) is 16.3 Å². The number of nitrogen functional groups attached to an aromatic ring is 1. The Morgan fingerprint density at radius 3 is 2.71 bits per heavy atom. The molecular weight excluding hydrogens is 350 g/mol. The van der Waals surface area contributed by atoms with Gasteiger partial charge in [-0.25, -0.2) is 0 Å². The minimum Gasteiger partial charge on any atom is -0.497 e. The lowest BCUT2D eigenvalue weighted by Crippen LogP contribution is -2.23. The molecule has 0 radical (unpaired) electrons. The fourth-order valence-electron chi connectivity index (χ4n) is 2.15. The highest BCUT2D eigenvalue weighted by Crippen LogP contribution is 2.34. The van der Waals surface area contributed by atoms with E-state index in [0.717, 1.165) is 16.2 Å². The summed E-state index contributed by atoms with van der Waals surface area (Å²) < 4.78 is 10.7. The lowest BCUT2D eigenvalue weighted by Gasteiger charge is -2.06. The number of nitrogens with two attached hydrogens (primary N) is 1. The zero-order chi connectivity index (χ0) is 17.1. The largest absolute Gasteiger partial charge is 0.497 e. The second kappa shape index (κ2) is 6.94. The highest BCUT2D eigenvalue weighted by molar-refractivity contribution is 7.19. The van der Waals surface area contributed by atoms with Gasteiger partial charge in [-0.3, -0.25) is 4.79 Å². The molecule has 3 N–H and O–H groups in total. The van der Waals surface area contributed by atoms with Crippen molar-refractivity contribution in [2.45, 2.75) is 6.54 Å². The molecule has 2 aromatic heterocycles. The van der Waals surface area contributed by atoms with Gasteiger partial charge >= 0.3 is 0 Å². The molecule has 24 heavy (non-hydrogen) atoms. The van der Waals surface area contributed by atoms with Crippen LogP contribution in [0.25, 0.3) is 10.6 Å². The third kappa shape index (κ3) is 3.37. The van der Waals surface area contributed by atoms with Crippen LogP contribution in [0.5, 0.6) is 5.75 Å².